The molecule has 0 saturated carbocycles. The Kier molecular flexibility index (Phi) is 6.37. The molecule has 0 radical (unpaired) electrons. The number of carbonyl (C=O) groups excluding carboxylic acids is 1. The van der Waals surface area contributed by atoms with E-state index >= 15 is 0 Å². The van der Waals surface area contributed by atoms with Gasteiger partial charge in [0, 0.05) is 24.2 Å². The highest BCUT2D eigenvalue weighted by Crippen LogP contribution is 2.29. The molecule has 0 saturated heterocycles. The van der Waals surface area contributed by atoms with Crippen LogP contribution in [0.5, 0.6) is 5.75 Å². The Labute approximate surface area is 160 Å². The second-order valence-electron chi connectivity index (χ2n) is 5.40. The summed E-state index contributed by atoms with van der Waals surface area (Å²) in [6.45, 7) is -0.503. The number of carbonyl (C=O) groups is 1. The molecular formula is C16H16ClN3O6S. The highest BCUT2D eigenvalue weighted by Gasteiger charge is 2.23. The quantitative estimate of drug-likeness (QED) is 0.550. The fourth-order valence-electron chi connectivity index (χ4n) is 2.17. The third-order valence-electron chi connectivity index (χ3n) is 3.56. The van der Waals surface area contributed by atoms with E-state index in [0.29, 0.717) is 5.02 Å². The molecule has 0 aliphatic carbocycles. The van der Waals surface area contributed by atoms with E-state index in [4.69, 9.17) is 16.3 Å². The van der Waals surface area contributed by atoms with E-state index < -0.39 is 27.4 Å². The lowest BCUT2D eigenvalue weighted by Gasteiger charge is -2.17. The van der Waals surface area contributed by atoms with Crippen molar-refractivity contribution >= 4 is 38.9 Å². The summed E-state index contributed by atoms with van der Waals surface area (Å²) < 4.78 is 30.9. The predicted octanol–water partition coefficient (Wildman–Crippen LogP) is 2.52. The van der Waals surface area contributed by atoms with Crippen LogP contribution < -0.4 is 10.1 Å². The summed E-state index contributed by atoms with van der Waals surface area (Å²) in [5, 5.41) is 13.7. The molecule has 2 rings (SSSR count). The zero-order chi connectivity index (χ0) is 20.2. The first-order valence-corrected chi connectivity index (χ1v) is 9.31. The standard InChI is InChI=1S/C16H16ClN3O6S/c1-19(27(24,25)13-6-3-11(17)4-7-13)10-16(21)18-14-9-12(20(22)23)5-8-15(14)26-2/h3-9H,10H2,1-2H3,(H,18,21). The number of nitro benzene ring substituents is 1. The number of hydrogen-bond donors (Lipinski definition) is 1. The Morgan fingerprint density at radius 2 is 1.89 bits per heavy atom. The minimum absolute atomic E-state index is 0.0184. The van der Waals surface area contributed by atoms with Gasteiger partial charge in [-0.25, -0.2) is 8.42 Å². The number of amides is 1. The smallest absolute Gasteiger partial charge is 0.271 e. The van der Waals surface area contributed by atoms with E-state index in [1.807, 2.05) is 0 Å². The number of sulfonamides is 1. The summed E-state index contributed by atoms with van der Waals surface area (Å²) in [7, 11) is -1.32. The highest BCUT2D eigenvalue weighted by molar-refractivity contribution is 7.89. The number of halogens is 1. The molecule has 144 valence electrons. The summed E-state index contributed by atoms with van der Waals surface area (Å²) in [5.41, 5.74) is -0.178. The average molecular weight is 414 g/mol. The minimum Gasteiger partial charge on any atom is -0.495 e. The van der Waals surface area contributed by atoms with Gasteiger partial charge < -0.3 is 10.1 Å². The van der Waals surface area contributed by atoms with Crippen molar-refractivity contribution in [3.63, 3.8) is 0 Å². The molecule has 0 unspecified atom stereocenters. The Balaban J connectivity index is 2.16. The molecule has 2 aromatic carbocycles. The fourth-order valence-corrected chi connectivity index (χ4v) is 3.42. The Bertz CT molecular complexity index is 963. The molecule has 0 heterocycles. The van der Waals surface area contributed by atoms with Crippen molar-refractivity contribution in [3.05, 3.63) is 57.6 Å². The number of nitrogens with one attached hydrogen (secondary N) is 1. The van der Waals surface area contributed by atoms with Gasteiger partial charge in [0.15, 0.2) is 0 Å². The van der Waals surface area contributed by atoms with Gasteiger partial charge in [0.05, 0.1) is 29.2 Å². The van der Waals surface area contributed by atoms with Crippen molar-refractivity contribution < 1.29 is 22.9 Å². The van der Waals surface area contributed by atoms with E-state index in [-0.39, 0.29) is 22.0 Å². The van der Waals surface area contributed by atoms with Crippen molar-refractivity contribution in [1.82, 2.24) is 4.31 Å². The number of ether oxygens (including phenoxy) is 1. The summed E-state index contributed by atoms with van der Waals surface area (Å²) in [5.74, 6) is -0.481. The molecule has 9 nitrogen and oxygen atoms in total. The van der Waals surface area contributed by atoms with E-state index in [9.17, 15) is 23.3 Å². The SMILES string of the molecule is COc1ccc([N+](=O)[O-])cc1NC(=O)CN(C)S(=O)(=O)c1ccc(Cl)cc1. The summed E-state index contributed by atoms with van der Waals surface area (Å²) in [6, 6.07) is 9.20. The number of non-ortho nitro benzene ring substituents is 1. The normalized spacial score (nSPS) is 11.3. The first-order chi connectivity index (χ1) is 12.6. The van der Waals surface area contributed by atoms with Crippen LogP contribution in [0.15, 0.2) is 47.4 Å². The highest BCUT2D eigenvalue weighted by atomic mass is 35.5. The van der Waals surface area contributed by atoms with Crippen LogP contribution in [0.25, 0.3) is 0 Å². The number of anilines is 1. The van der Waals surface area contributed by atoms with Gasteiger partial charge in [0.2, 0.25) is 15.9 Å². The van der Waals surface area contributed by atoms with Crippen LogP contribution >= 0.6 is 11.6 Å². The molecule has 1 amide bonds. The van der Waals surface area contributed by atoms with Gasteiger partial charge in [-0.05, 0) is 30.3 Å². The van der Waals surface area contributed by atoms with Gasteiger partial charge in [0.1, 0.15) is 5.75 Å². The van der Waals surface area contributed by atoms with Gasteiger partial charge in [-0.15, -0.1) is 0 Å². The van der Waals surface area contributed by atoms with E-state index in [2.05, 4.69) is 5.32 Å². The molecule has 0 spiro atoms. The van der Waals surface area contributed by atoms with E-state index in [1.54, 1.807) is 0 Å². The first kappa shape index (κ1) is 20.6. The van der Waals surface area contributed by atoms with Gasteiger partial charge in [-0.1, -0.05) is 11.6 Å². The molecule has 0 bridgehead atoms. The van der Waals surface area contributed by atoms with Crippen molar-refractivity contribution in [2.75, 3.05) is 26.0 Å². The number of rotatable bonds is 7. The third kappa shape index (κ3) is 4.94. The molecule has 0 fully saturated rings. The monoisotopic (exact) mass is 413 g/mol. The molecular weight excluding hydrogens is 398 g/mol. The molecule has 0 aromatic heterocycles. The maximum atomic E-state index is 12.5. The van der Waals surface area contributed by atoms with Crippen molar-refractivity contribution in [3.8, 4) is 5.75 Å². The molecule has 2 aromatic rings. The lowest BCUT2D eigenvalue weighted by molar-refractivity contribution is -0.384. The topological polar surface area (TPSA) is 119 Å². The second kappa shape index (κ2) is 8.33. The predicted molar refractivity (Wildman–Crippen MR) is 99.5 cm³/mol. The summed E-state index contributed by atoms with van der Waals surface area (Å²) in [6.07, 6.45) is 0. The lowest BCUT2D eigenvalue weighted by Crippen LogP contribution is -2.35. The van der Waals surface area contributed by atoms with Gasteiger partial charge >= 0.3 is 0 Å². The molecule has 11 heteroatoms. The zero-order valence-electron chi connectivity index (χ0n) is 14.4. The van der Waals surface area contributed by atoms with E-state index in [0.717, 1.165) is 10.4 Å². The fraction of sp³-hybridized carbons (Fsp3) is 0.188. The minimum atomic E-state index is -3.91. The molecule has 0 aliphatic heterocycles. The Morgan fingerprint density at radius 1 is 1.26 bits per heavy atom. The van der Waals surface area contributed by atoms with Gasteiger partial charge in [-0.2, -0.15) is 4.31 Å². The number of likely N-dealkylation sites (N-methyl/N-ethyl adjacent to an activating group) is 1. The maximum absolute atomic E-state index is 12.5. The van der Waals surface area contributed by atoms with Crippen LogP contribution in [0.3, 0.4) is 0 Å². The second-order valence-corrected chi connectivity index (χ2v) is 7.89. The van der Waals surface area contributed by atoms with Gasteiger partial charge in [0.25, 0.3) is 5.69 Å². The van der Waals surface area contributed by atoms with Crippen molar-refractivity contribution in [2.24, 2.45) is 0 Å². The van der Waals surface area contributed by atoms with Crippen LogP contribution in [-0.4, -0.2) is 44.3 Å². The Morgan fingerprint density at radius 3 is 2.44 bits per heavy atom. The molecule has 0 atom stereocenters. The number of hydrogen-bond acceptors (Lipinski definition) is 6. The largest absolute Gasteiger partial charge is 0.495 e. The average Bonchev–Trinajstić information content (AvgIpc) is 2.61. The van der Waals surface area contributed by atoms with Crippen LogP contribution in [0.1, 0.15) is 0 Å². The molecule has 27 heavy (non-hydrogen) atoms. The number of nitro groups is 1. The maximum Gasteiger partial charge on any atom is 0.271 e. The lowest BCUT2D eigenvalue weighted by atomic mass is 10.2. The van der Waals surface area contributed by atoms with Crippen LogP contribution in [0.2, 0.25) is 5.02 Å². The summed E-state index contributed by atoms with van der Waals surface area (Å²) >= 11 is 5.75. The van der Waals surface area contributed by atoms with Gasteiger partial charge in [-0.3, -0.25) is 14.9 Å². The van der Waals surface area contributed by atoms with Crippen molar-refractivity contribution in [2.45, 2.75) is 4.90 Å². The molecule has 0 aliphatic rings. The van der Waals surface area contributed by atoms with Crippen LogP contribution in [0.4, 0.5) is 11.4 Å². The Hall–Kier alpha value is -2.69. The van der Waals surface area contributed by atoms with Crippen molar-refractivity contribution in [1.29, 1.82) is 0 Å². The first-order valence-electron chi connectivity index (χ1n) is 7.49. The summed E-state index contributed by atoms with van der Waals surface area (Å²) in [4.78, 5) is 22.5. The number of methoxy groups -OCH3 is 1. The number of nitrogens with zero attached hydrogens (tertiary/aromatic N) is 2. The van der Waals surface area contributed by atoms with Crippen LogP contribution in [-0.2, 0) is 14.8 Å². The third-order valence-corrected chi connectivity index (χ3v) is 5.63. The van der Waals surface area contributed by atoms with Crippen LogP contribution in [0, 0.1) is 10.1 Å². The molecule has 1 N–H and O–H groups in total. The number of benzene rings is 2. The van der Waals surface area contributed by atoms with E-state index in [1.165, 1.54) is 50.6 Å². The zero-order valence-corrected chi connectivity index (χ0v) is 16.0.